The van der Waals surface area contributed by atoms with Crippen LogP contribution in [0.1, 0.15) is 5.56 Å². The van der Waals surface area contributed by atoms with Gasteiger partial charge >= 0.3 is 0 Å². The van der Waals surface area contributed by atoms with E-state index in [-0.39, 0.29) is 18.3 Å². The standard InChI is InChI=1S/C12H12N2O2S2/c1-8-2-4-9(5-3-8)13-10(15)6-14-11(16)7-18-12(14)17/h2-5,7,16H,6H2,1H3,(H,13,15). The van der Waals surface area contributed by atoms with E-state index in [2.05, 4.69) is 5.32 Å². The molecule has 2 aromatic rings. The Kier molecular flexibility index (Phi) is 3.78. The highest BCUT2D eigenvalue weighted by Gasteiger charge is 2.08. The van der Waals surface area contributed by atoms with E-state index in [1.54, 1.807) is 0 Å². The zero-order chi connectivity index (χ0) is 13.1. The first-order chi connectivity index (χ1) is 8.56. The van der Waals surface area contributed by atoms with Crippen LogP contribution in [0.4, 0.5) is 5.69 Å². The minimum Gasteiger partial charge on any atom is -0.494 e. The van der Waals surface area contributed by atoms with Crippen molar-refractivity contribution in [1.82, 2.24) is 4.57 Å². The van der Waals surface area contributed by atoms with E-state index in [1.165, 1.54) is 21.3 Å². The van der Waals surface area contributed by atoms with Crippen LogP contribution >= 0.6 is 23.6 Å². The Hall–Kier alpha value is -1.66. The third-order valence-corrected chi connectivity index (χ3v) is 3.66. The molecule has 6 heteroatoms. The van der Waals surface area contributed by atoms with E-state index in [9.17, 15) is 9.90 Å². The highest BCUT2D eigenvalue weighted by molar-refractivity contribution is 7.73. The molecule has 0 saturated heterocycles. The van der Waals surface area contributed by atoms with Crippen molar-refractivity contribution in [2.45, 2.75) is 13.5 Å². The number of anilines is 1. The molecule has 0 aliphatic heterocycles. The molecule has 2 N–H and O–H groups in total. The smallest absolute Gasteiger partial charge is 0.244 e. The van der Waals surface area contributed by atoms with Crippen LogP contribution in [0.2, 0.25) is 0 Å². The van der Waals surface area contributed by atoms with E-state index in [1.807, 2.05) is 31.2 Å². The fourth-order valence-electron chi connectivity index (χ4n) is 1.45. The molecule has 18 heavy (non-hydrogen) atoms. The summed E-state index contributed by atoms with van der Waals surface area (Å²) >= 11 is 6.24. The van der Waals surface area contributed by atoms with Gasteiger partial charge in [0, 0.05) is 5.69 Å². The number of amides is 1. The van der Waals surface area contributed by atoms with Gasteiger partial charge in [0.05, 0.1) is 5.38 Å². The van der Waals surface area contributed by atoms with Crippen molar-refractivity contribution in [2.24, 2.45) is 0 Å². The summed E-state index contributed by atoms with van der Waals surface area (Å²) in [4.78, 5) is 11.8. The number of aromatic hydroxyl groups is 1. The molecule has 1 amide bonds. The molecule has 0 atom stereocenters. The summed E-state index contributed by atoms with van der Waals surface area (Å²) in [5, 5.41) is 13.8. The monoisotopic (exact) mass is 280 g/mol. The zero-order valence-corrected chi connectivity index (χ0v) is 11.3. The molecular weight excluding hydrogens is 268 g/mol. The first-order valence-electron chi connectivity index (χ1n) is 5.30. The highest BCUT2D eigenvalue weighted by Crippen LogP contribution is 2.17. The number of rotatable bonds is 3. The third-order valence-electron chi connectivity index (χ3n) is 2.40. The molecule has 2 rings (SSSR count). The van der Waals surface area contributed by atoms with Gasteiger partial charge < -0.3 is 10.4 Å². The Morgan fingerprint density at radius 3 is 2.67 bits per heavy atom. The van der Waals surface area contributed by atoms with E-state index in [0.29, 0.717) is 3.95 Å². The summed E-state index contributed by atoms with van der Waals surface area (Å²) in [5.74, 6) is -0.201. The molecule has 1 aromatic heterocycles. The van der Waals surface area contributed by atoms with Gasteiger partial charge in [0.1, 0.15) is 6.54 Å². The van der Waals surface area contributed by atoms with E-state index >= 15 is 0 Å². The van der Waals surface area contributed by atoms with Crippen LogP contribution in [0.5, 0.6) is 5.88 Å². The second kappa shape index (κ2) is 5.32. The zero-order valence-electron chi connectivity index (χ0n) is 9.71. The molecule has 0 unspecified atom stereocenters. The molecule has 1 aromatic carbocycles. The van der Waals surface area contributed by atoms with Gasteiger partial charge in [-0.05, 0) is 31.3 Å². The summed E-state index contributed by atoms with van der Waals surface area (Å²) in [6.07, 6.45) is 0. The van der Waals surface area contributed by atoms with E-state index < -0.39 is 0 Å². The number of thiazole rings is 1. The Morgan fingerprint density at radius 1 is 1.44 bits per heavy atom. The lowest BCUT2D eigenvalue weighted by Crippen LogP contribution is -2.18. The highest BCUT2D eigenvalue weighted by atomic mass is 32.1. The van der Waals surface area contributed by atoms with Crippen molar-refractivity contribution in [3.05, 3.63) is 39.2 Å². The predicted octanol–water partition coefficient (Wildman–Crippen LogP) is 2.93. The average molecular weight is 280 g/mol. The molecular formula is C12H12N2O2S2. The van der Waals surface area contributed by atoms with Gasteiger partial charge in [-0.3, -0.25) is 9.36 Å². The number of carbonyl (C=O) groups excluding carboxylic acids is 1. The molecule has 1 heterocycles. The molecule has 4 nitrogen and oxygen atoms in total. The van der Waals surface area contributed by atoms with Gasteiger partial charge in [0.25, 0.3) is 0 Å². The van der Waals surface area contributed by atoms with Gasteiger partial charge in [-0.15, -0.1) is 11.3 Å². The Bertz CT molecular complexity index is 614. The summed E-state index contributed by atoms with van der Waals surface area (Å²) in [5.41, 5.74) is 1.86. The van der Waals surface area contributed by atoms with Crippen molar-refractivity contribution < 1.29 is 9.90 Å². The van der Waals surface area contributed by atoms with Crippen molar-refractivity contribution in [3.8, 4) is 5.88 Å². The number of nitrogens with one attached hydrogen (secondary N) is 1. The summed E-state index contributed by atoms with van der Waals surface area (Å²) in [7, 11) is 0. The topological polar surface area (TPSA) is 54.3 Å². The maximum Gasteiger partial charge on any atom is 0.244 e. The van der Waals surface area contributed by atoms with Crippen molar-refractivity contribution >= 4 is 35.1 Å². The minimum atomic E-state index is -0.219. The van der Waals surface area contributed by atoms with Crippen LogP contribution in [0.25, 0.3) is 0 Å². The van der Waals surface area contributed by atoms with Crippen LogP contribution in [0, 0.1) is 10.9 Å². The molecule has 0 aliphatic carbocycles. The fourth-order valence-corrected chi connectivity index (χ4v) is 2.37. The second-order valence-electron chi connectivity index (χ2n) is 3.86. The lowest BCUT2D eigenvalue weighted by Gasteiger charge is -2.07. The number of benzene rings is 1. The Balaban J connectivity index is 2.05. The first-order valence-corrected chi connectivity index (χ1v) is 6.59. The van der Waals surface area contributed by atoms with E-state index in [4.69, 9.17) is 12.2 Å². The van der Waals surface area contributed by atoms with Crippen molar-refractivity contribution in [1.29, 1.82) is 0 Å². The number of nitrogens with zero attached hydrogens (tertiary/aromatic N) is 1. The van der Waals surface area contributed by atoms with Crippen molar-refractivity contribution in [2.75, 3.05) is 5.32 Å². The normalized spacial score (nSPS) is 10.3. The Morgan fingerprint density at radius 2 is 2.11 bits per heavy atom. The minimum absolute atomic E-state index is 0.0159. The van der Waals surface area contributed by atoms with Crippen LogP contribution in [0.3, 0.4) is 0 Å². The van der Waals surface area contributed by atoms with E-state index in [0.717, 1.165) is 11.3 Å². The van der Waals surface area contributed by atoms with Gasteiger partial charge in [-0.1, -0.05) is 17.7 Å². The van der Waals surface area contributed by atoms with Gasteiger partial charge in [-0.25, -0.2) is 0 Å². The quantitative estimate of drug-likeness (QED) is 0.850. The van der Waals surface area contributed by atoms with Crippen LogP contribution < -0.4 is 5.32 Å². The number of aromatic nitrogens is 1. The number of carbonyl (C=O) groups is 1. The molecule has 0 radical (unpaired) electrons. The predicted molar refractivity (Wildman–Crippen MR) is 74.6 cm³/mol. The number of hydrogen-bond acceptors (Lipinski definition) is 4. The maximum atomic E-state index is 11.8. The molecule has 94 valence electrons. The number of aryl methyl sites for hydroxylation is 1. The van der Waals surface area contributed by atoms with Crippen LogP contribution in [-0.2, 0) is 11.3 Å². The third kappa shape index (κ3) is 2.96. The lowest BCUT2D eigenvalue weighted by molar-refractivity contribution is -0.116. The summed E-state index contributed by atoms with van der Waals surface area (Å²) in [6.45, 7) is 2.00. The Labute approximate surface area is 114 Å². The molecule has 0 bridgehead atoms. The van der Waals surface area contributed by atoms with Gasteiger partial charge in [0.2, 0.25) is 11.8 Å². The molecule has 0 saturated carbocycles. The van der Waals surface area contributed by atoms with Crippen molar-refractivity contribution in [3.63, 3.8) is 0 Å². The SMILES string of the molecule is Cc1ccc(NC(=O)Cn2c(O)csc2=S)cc1. The fraction of sp³-hybridized carbons (Fsp3) is 0.167. The van der Waals surface area contributed by atoms with Gasteiger partial charge in [-0.2, -0.15) is 0 Å². The second-order valence-corrected chi connectivity index (χ2v) is 5.36. The molecule has 0 spiro atoms. The van der Waals surface area contributed by atoms with Crippen LogP contribution in [-0.4, -0.2) is 15.6 Å². The molecule has 0 aliphatic rings. The summed E-state index contributed by atoms with van der Waals surface area (Å²) < 4.78 is 1.87. The summed E-state index contributed by atoms with van der Waals surface area (Å²) in [6, 6.07) is 7.51. The van der Waals surface area contributed by atoms with Gasteiger partial charge in [0.15, 0.2) is 3.95 Å². The number of hydrogen-bond donors (Lipinski definition) is 2. The largest absolute Gasteiger partial charge is 0.494 e. The lowest BCUT2D eigenvalue weighted by atomic mass is 10.2. The average Bonchev–Trinajstić information content (AvgIpc) is 2.64. The maximum absolute atomic E-state index is 11.8. The first kappa shape index (κ1) is 12.8. The van der Waals surface area contributed by atoms with Crippen LogP contribution in [0.15, 0.2) is 29.6 Å². The molecule has 0 fully saturated rings.